The highest BCUT2D eigenvalue weighted by Crippen LogP contribution is 2.22. The van der Waals surface area contributed by atoms with Crippen LogP contribution in [0.15, 0.2) is 48.0 Å². The first kappa shape index (κ1) is 17.3. The van der Waals surface area contributed by atoms with Crippen molar-refractivity contribution in [1.82, 2.24) is 20.4 Å². The number of amides is 1. The van der Waals surface area contributed by atoms with Crippen molar-refractivity contribution in [3.05, 3.63) is 53.5 Å². The fourth-order valence-corrected chi connectivity index (χ4v) is 3.61. The van der Waals surface area contributed by atoms with Gasteiger partial charge >= 0.3 is 0 Å². The number of rotatable bonds is 6. The Labute approximate surface area is 160 Å². The van der Waals surface area contributed by atoms with Gasteiger partial charge in [-0.05, 0) is 24.1 Å². The zero-order valence-corrected chi connectivity index (χ0v) is 15.4. The van der Waals surface area contributed by atoms with E-state index in [2.05, 4.69) is 35.9 Å². The molecule has 3 aromatic rings. The van der Waals surface area contributed by atoms with Crippen molar-refractivity contribution in [3.63, 3.8) is 0 Å². The van der Waals surface area contributed by atoms with Gasteiger partial charge in [0, 0.05) is 19.1 Å². The number of carbonyl (C=O) groups is 1. The fraction of sp³-hybridized carbons (Fsp3) is 0.278. The predicted octanol–water partition coefficient (Wildman–Crippen LogP) is 2.20. The third-order valence-corrected chi connectivity index (χ3v) is 5.05. The molecule has 1 atom stereocenters. The smallest absolute Gasteiger partial charge is 0.229 e. The van der Waals surface area contributed by atoms with E-state index in [4.69, 9.17) is 0 Å². The third-order valence-electron chi connectivity index (χ3n) is 4.30. The Morgan fingerprint density at radius 3 is 2.67 bits per heavy atom. The first-order valence-electron chi connectivity index (χ1n) is 8.71. The lowest BCUT2D eigenvalue weighted by molar-refractivity contribution is -0.115. The van der Waals surface area contributed by atoms with Gasteiger partial charge in [-0.15, -0.1) is 20.4 Å². The van der Waals surface area contributed by atoms with E-state index in [1.54, 1.807) is 22.9 Å². The Hall–Kier alpha value is -3.07. The Bertz CT molecular complexity index is 870. The Morgan fingerprint density at radius 2 is 1.93 bits per heavy atom. The van der Waals surface area contributed by atoms with Crippen LogP contribution in [0, 0.1) is 0 Å². The number of benzene rings is 1. The molecule has 1 saturated heterocycles. The van der Waals surface area contributed by atoms with E-state index in [-0.39, 0.29) is 11.9 Å². The number of nitrogens with zero attached hydrogens (tertiary/aromatic N) is 5. The van der Waals surface area contributed by atoms with E-state index in [9.17, 15) is 4.79 Å². The lowest BCUT2D eigenvalue weighted by Gasteiger charge is -2.15. The van der Waals surface area contributed by atoms with Crippen molar-refractivity contribution in [1.29, 1.82) is 0 Å². The maximum Gasteiger partial charge on any atom is 0.229 e. The summed E-state index contributed by atoms with van der Waals surface area (Å²) in [4.78, 5) is 14.3. The summed E-state index contributed by atoms with van der Waals surface area (Å²) in [5.41, 5.74) is 2.70. The van der Waals surface area contributed by atoms with Crippen LogP contribution in [0.5, 0.6) is 0 Å². The van der Waals surface area contributed by atoms with Crippen LogP contribution in [0.25, 0.3) is 0 Å². The number of aromatic nitrogens is 4. The lowest BCUT2D eigenvalue weighted by atomic mass is 10.1. The van der Waals surface area contributed by atoms with Crippen molar-refractivity contribution in [2.45, 2.75) is 18.9 Å². The number of carbonyl (C=O) groups excluding carboxylic acids is 1. The molecular formula is C18H19N7OS. The summed E-state index contributed by atoms with van der Waals surface area (Å²) in [6, 6.07) is 13.5. The molecule has 0 radical (unpaired) electrons. The lowest BCUT2D eigenvalue weighted by Crippen LogP contribution is -2.26. The molecule has 9 heteroatoms. The van der Waals surface area contributed by atoms with Gasteiger partial charge in [-0.1, -0.05) is 41.7 Å². The molecule has 1 aliphatic heterocycles. The Balaban J connectivity index is 1.28. The summed E-state index contributed by atoms with van der Waals surface area (Å²) in [6.07, 6.45) is 1.31. The summed E-state index contributed by atoms with van der Waals surface area (Å²) in [5.74, 6) is 1.03. The van der Waals surface area contributed by atoms with Gasteiger partial charge in [-0.2, -0.15) is 0 Å². The predicted molar refractivity (Wildman–Crippen MR) is 105 cm³/mol. The fourth-order valence-electron chi connectivity index (χ4n) is 3.01. The minimum Gasteiger partial charge on any atom is -0.364 e. The normalized spacial score (nSPS) is 16.3. The Kier molecular flexibility index (Phi) is 5.20. The average molecular weight is 381 g/mol. The number of hydrogen-bond donors (Lipinski definition) is 2. The molecule has 0 unspecified atom stereocenters. The van der Waals surface area contributed by atoms with Crippen molar-refractivity contribution in [3.8, 4) is 0 Å². The molecule has 138 valence electrons. The molecule has 1 amide bonds. The molecule has 1 aromatic carbocycles. The third kappa shape index (κ3) is 4.56. The molecule has 2 N–H and O–H groups in total. The van der Waals surface area contributed by atoms with E-state index in [1.807, 2.05) is 36.4 Å². The zero-order chi connectivity index (χ0) is 18.5. The molecule has 1 fully saturated rings. The van der Waals surface area contributed by atoms with Gasteiger partial charge in [-0.25, -0.2) is 0 Å². The molecule has 0 aliphatic carbocycles. The maximum absolute atomic E-state index is 12.1. The molecule has 2 aromatic heterocycles. The molecule has 0 bridgehead atoms. The Morgan fingerprint density at radius 1 is 1.11 bits per heavy atom. The molecule has 4 rings (SSSR count). The quantitative estimate of drug-likeness (QED) is 0.676. The summed E-state index contributed by atoms with van der Waals surface area (Å²) in [5, 5.41) is 23.4. The summed E-state index contributed by atoms with van der Waals surface area (Å²) < 4.78 is 0. The SMILES string of the molecule is O=C(Cc1ccccc1)Nc1ccc(N[C@@H]2CCN(c3nncs3)C2)nn1. The molecular weight excluding hydrogens is 362 g/mol. The summed E-state index contributed by atoms with van der Waals surface area (Å²) >= 11 is 1.54. The van der Waals surface area contributed by atoms with Crippen LogP contribution in [-0.2, 0) is 11.2 Å². The zero-order valence-electron chi connectivity index (χ0n) is 14.6. The monoisotopic (exact) mass is 381 g/mol. The van der Waals surface area contributed by atoms with Crippen LogP contribution >= 0.6 is 11.3 Å². The van der Waals surface area contributed by atoms with E-state index >= 15 is 0 Å². The molecule has 3 heterocycles. The van der Waals surface area contributed by atoms with E-state index in [0.717, 1.165) is 30.2 Å². The van der Waals surface area contributed by atoms with E-state index in [0.29, 0.717) is 18.1 Å². The first-order chi connectivity index (χ1) is 13.3. The average Bonchev–Trinajstić information content (AvgIpc) is 3.36. The van der Waals surface area contributed by atoms with Gasteiger partial charge in [0.1, 0.15) is 11.3 Å². The van der Waals surface area contributed by atoms with Gasteiger partial charge in [0.05, 0.1) is 6.42 Å². The van der Waals surface area contributed by atoms with Gasteiger partial charge < -0.3 is 15.5 Å². The van der Waals surface area contributed by atoms with Crippen molar-refractivity contribution in [2.24, 2.45) is 0 Å². The number of anilines is 3. The second-order valence-corrected chi connectivity index (χ2v) is 7.12. The van der Waals surface area contributed by atoms with Crippen molar-refractivity contribution >= 4 is 34.0 Å². The number of nitrogens with one attached hydrogen (secondary N) is 2. The van der Waals surface area contributed by atoms with Crippen LogP contribution in [0.4, 0.5) is 16.8 Å². The van der Waals surface area contributed by atoms with E-state index < -0.39 is 0 Å². The van der Waals surface area contributed by atoms with Crippen LogP contribution in [0.3, 0.4) is 0 Å². The summed E-state index contributed by atoms with van der Waals surface area (Å²) in [6.45, 7) is 1.79. The minimum absolute atomic E-state index is 0.111. The van der Waals surface area contributed by atoms with Crippen LogP contribution in [0.2, 0.25) is 0 Å². The second-order valence-electron chi connectivity index (χ2n) is 6.31. The second kappa shape index (κ2) is 8.09. The minimum atomic E-state index is -0.111. The van der Waals surface area contributed by atoms with Gasteiger partial charge in [0.2, 0.25) is 11.0 Å². The standard InChI is InChI=1S/C18H19N7OS/c26-17(10-13-4-2-1-3-5-13)21-16-7-6-15(22-23-16)20-14-8-9-25(11-14)18-24-19-12-27-18/h1-7,12,14H,8-11H2,(H,20,22)(H,21,23,26)/t14-/m1/s1. The highest BCUT2D eigenvalue weighted by atomic mass is 32.1. The van der Waals surface area contributed by atoms with Gasteiger partial charge in [0.25, 0.3) is 0 Å². The molecule has 0 saturated carbocycles. The highest BCUT2D eigenvalue weighted by Gasteiger charge is 2.24. The topological polar surface area (TPSA) is 95.9 Å². The highest BCUT2D eigenvalue weighted by molar-refractivity contribution is 7.13. The first-order valence-corrected chi connectivity index (χ1v) is 9.59. The van der Waals surface area contributed by atoms with Crippen LogP contribution in [-0.4, -0.2) is 45.4 Å². The van der Waals surface area contributed by atoms with Crippen molar-refractivity contribution < 1.29 is 4.79 Å². The van der Waals surface area contributed by atoms with Crippen LogP contribution < -0.4 is 15.5 Å². The summed E-state index contributed by atoms with van der Waals surface area (Å²) in [7, 11) is 0. The number of hydrogen-bond acceptors (Lipinski definition) is 8. The van der Waals surface area contributed by atoms with E-state index in [1.165, 1.54) is 0 Å². The van der Waals surface area contributed by atoms with Gasteiger partial charge in [0.15, 0.2) is 5.82 Å². The molecule has 0 spiro atoms. The molecule has 1 aliphatic rings. The van der Waals surface area contributed by atoms with Crippen LogP contribution in [0.1, 0.15) is 12.0 Å². The molecule has 27 heavy (non-hydrogen) atoms. The largest absolute Gasteiger partial charge is 0.364 e. The van der Waals surface area contributed by atoms with Gasteiger partial charge in [-0.3, -0.25) is 4.79 Å². The van der Waals surface area contributed by atoms with Crippen molar-refractivity contribution in [2.75, 3.05) is 28.6 Å². The maximum atomic E-state index is 12.1. The molecule has 8 nitrogen and oxygen atoms in total.